The molecule has 1 aliphatic rings. The molecule has 4 rings (SSSR count). The fraction of sp³-hybridized carbons (Fsp3) is 0.0556. The van der Waals surface area contributed by atoms with E-state index < -0.39 is 5.91 Å². The number of hydrogen-bond acceptors (Lipinski definition) is 5. The van der Waals surface area contributed by atoms with E-state index in [1.807, 2.05) is 47.5 Å². The smallest absolute Gasteiger partial charge is 0.248 e. The third kappa shape index (κ3) is 2.34. The van der Waals surface area contributed by atoms with Crippen molar-refractivity contribution in [3.05, 3.63) is 78.2 Å². The third-order valence-electron chi connectivity index (χ3n) is 3.99. The van der Waals surface area contributed by atoms with Crippen molar-refractivity contribution in [1.82, 2.24) is 9.97 Å². The molecular weight excluding hydrogens is 302 g/mol. The van der Waals surface area contributed by atoms with Crippen molar-refractivity contribution in [3.63, 3.8) is 0 Å². The van der Waals surface area contributed by atoms with Crippen LogP contribution in [0.2, 0.25) is 0 Å². The van der Waals surface area contributed by atoms with E-state index in [1.54, 1.807) is 24.5 Å². The Labute approximate surface area is 139 Å². The Kier molecular flexibility index (Phi) is 3.35. The fourth-order valence-corrected chi connectivity index (χ4v) is 2.89. The molecule has 3 N–H and O–H groups in total. The number of hydrogen-bond donors (Lipinski definition) is 2. The zero-order valence-electron chi connectivity index (χ0n) is 12.8. The quantitative estimate of drug-likeness (QED) is 0.776. The molecule has 0 bridgehead atoms. The average Bonchev–Trinajstić information content (AvgIpc) is 3.02. The molecule has 6 heteroatoms. The Hall–Kier alpha value is -3.41. The monoisotopic (exact) mass is 317 g/mol. The number of nitrogens with zero attached hydrogens (tertiary/aromatic N) is 3. The predicted molar refractivity (Wildman–Crippen MR) is 91.9 cm³/mol. The molecule has 6 nitrogen and oxygen atoms in total. The number of fused-ring (bicyclic) bond motifs is 1. The molecule has 3 heterocycles. The number of amides is 1. The van der Waals surface area contributed by atoms with E-state index in [4.69, 9.17) is 5.73 Å². The SMILES string of the molecule is NC(=O)c1ccnc(N2c3ccccc3NC2c2cccnc2)c1. The summed E-state index contributed by atoms with van der Waals surface area (Å²) >= 11 is 0. The van der Waals surface area contributed by atoms with E-state index >= 15 is 0 Å². The van der Waals surface area contributed by atoms with Gasteiger partial charge in [-0.05, 0) is 30.3 Å². The van der Waals surface area contributed by atoms with Crippen molar-refractivity contribution in [1.29, 1.82) is 0 Å². The summed E-state index contributed by atoms with van der Waals surface area (Å²) in [4.78, 5) is 22.2. The Balaban J connectivity index is 1.85. The summed E-state index contributed by atoms with van der Waals surface area (Å²) in [6.45, 7) is 0. The zero-order chi connectivity index (χ0) is 16.5. The second-order valence-corrected chi connectivity index (χ2v) is 5.49. The van der Waals surface area contributed by atoms with E-state index in [0.29, 0.717) is 11.4 Å². The minimum Gasteiger partial charge on any atom is -0.366 e. The van der Waals surface area contributed by atoms with Crippen LogP contribution in [0.25, 0.3) is 0 Å². The second-order valence-electron chi connectivity index (χ2n) is 5.49. The molecule has 1 aromatic carbocycles. The predicted octanol–water partition coefficient (Wildman–Crippen LogP) is 2.84. The maximum Gasteiger partial charge on any atom is 0.248 e. The molecule has 1 unspecified atom stereocenters. The highest BCUT2D eigenvalue weighted by atomic mass is 16.1. The minimum absolute atomic E-state index is 0.160. The molecular formula is C18H15N5O. The minimum atomic E-state index is -0.475. The topological polar surface area (TPSA) is 84.1 Å². The Bertz CT molecular complexity index is 897. The van der Waals surface area contributed by atoms with Crippen molar-refractivity contribution in [2.45, 2.75) is 6.17 Å². The second kappa shape index (κ2) is 5.66. The van der Waals surface area contributed by atoms with Crippen LogP contribution in [-0.2, 0) is 0 Å². The Morgan fingerprint density at radius 2 is 2.00 bits per heavy atom. The Morgan fingerprint density at radius 3 is 2.79 bits per heavy atom. The van der Waals surface area contributed by atoms with Crippen LogP contribution in [0.4, 0.5) is 17.2 Å². The lowest BCUT2D eigenvalue weighted by Crippen LogP contribution is -2.25. The molecule has 0 fully saturated rings. The molecule has 0 saturated carbocycles. The van der Waals surface area contributed by atoms with E-state index in [1.165, 1.54) is 0 Å². The zero-order valence-corrected chi connectivity index (χ0v) is 12.8. The van der Waals surface area contributed by atoms with Gasteiger partial charge in [0.05, 0.1) is 11.4 Å². The lowest BCUT2D eigenvalue weighted by Gasteiger charge is -2.26. The summed E-state index contributed by atoms with van der Waals surface area (Å²) in [5.74, 6) is 0.176. The molecule has 0 spiro atoms. The highest BCUT2D eigenvalue weighted by molar-refractivity contribution is 5.94. The standard InChI is InChI=1S/C18H15N5O/c19-17(24)12-7-9-21-16(10-12)23-15-6-2-1-5-14(15)22-18(23)13-4-3-8-20-11-13/h1-11,18,22H,(H2,19,24). The fourth-order valence-electron chi connectivity index (χ4n) is 2.89. The van der Waals surface area contributed by atoms with Gasteiger partial charge in [0.1, 0.15) is 12.0 Å². The number of carbonyl (C=O) groups excluding carboxylic acids is 1. The lowest BCUT2D eigenvalue weighted by atomic mass is 10.2. The molecule has 1 amide bonds. The summed E-state index contributed by atoms with van der Waals surface area (Å²) in [6.07, 6.45) is 4.99. The summed E-state index contributed by atoms with van der Waals surface area (Å²) in [6, 6.07) is 15.2. The number of carbonyl (C=O) groups is 1. The van der Waals surface area contributed by atoms with Gasteiger partial charge in [0.15, 0.2) is 0 Å². The van der Waals surface area contributed by atoms with Gasteiger partial charge in [-0.3, -0.25) is 14.7 Å². The lowest BCUT2D eigenvalue weighted by molar-refractivity contribution is 0.1000. The van der Waals surface area contributed by atoms with Crippen LogP contribution in [0.1, 0.15) is 22.1 Å². The molecule has 118 valence electrons. The number of anilines is 3. The number of pyridine rings is 2. The van der Waals surface area contributed by atoms with E-state index in [-0.39, 0.29) is 6.17 Å². The summed E-state index contributed by atoms with van der Waals surface area (Å²) < 4.78 is 0. The Morgan fingerprint density at radius 1 is 1.12 bits per heavy atom. The molecule has 24 heavy (non-hydrogen) atoms. The molecule has 3 aromatic rings. The molecule has 0 aliphatic carbocycles. The van der Waals surface area contributed by atoms with Crippen molar-refractivity contribution in [3.8, 4) is 0 Å². The van der Waals surface area contributed by atoms with Crippen LogP contribution in [0.15, 0.2) is 67.1 Å². The van der Waals surface area contributed by atoms with Crippen molar-refractivity contribution in [2.24, 2.45) is 5.73 Å². The molecule has 1 atom stereocenters. The maximum absolute atomic E-state index is 11.5. The van der Waals surface area contributed by atoms with Crippen LogP contribution in [0.3, 0.4) is 0 Å². The summed E-state index contributed by atoms with van der Waals surface area (Å²) in [5, 5.41) is 3.48. The van der Waals surface area contributed by atoms with E-state index in [9.17, 15) is 4.79 Å². The summed E-state index contributed by atoms with van der Waals surface area (Å²) in [7, 11) is 0. The van der Waals surface area contributed by atoms with Crippen LogP contribution in [0, 0.1) is 0 Å². The van der Waals surface area contributed by atoms with Gasteiger partial charge in [0.2, 0.25) is 5.91 Å². The first-order chi connectivity index (χ1) is 11.7. The first-order valence-corrected chi connectivity index (χ1v) is 7.54. The van der Waals surface area contributed by atoms with Crippen LogP contribution < -0.4 is 16.0 Å². The highest BCUT2D eigenvalue weighted by Gasteiger charge is 2.32. The molecule has 2 aromatic heterocycles. The highest BCUT2D eigenvalue weighted by Crippen LogP contribution is 2.44. The normalized spacial score (nSPS) is 15.7. The number of aromatic nitrogens is 2. The molecule has 1 aliphatic heterocycles. The summed E-state index contributed by atoms with van der Waals surface area (Å²) in [5.41, 5.74) is 8.82. The molecule has 0 radical (unpaired) electrons. The van der Waals surface area contributed by atoms with Gasteiger partial charge in [-0.1, -0.05) is 18.2 Å². The van der Waals surface area contributed by atoms with Crippen LogP contribution in [0.5, 0.6) is 0 Å². The largest absolute Gasteiger partial charge is 0.366 e. The van der Waals surface area contributed by atoms with E-state index in [2.05, 4.69) is 15.3 Å². The van der Waals surface area contributed by atoms with E-state index in [0.717, 1.165) is 16.9 Å². The van der Waals surface area contributed by atoms with Crippen molar-refractivity contribution in [2.75, 3.05) is 10.2 Å². The van der Waals surface area contributed by atoms with Gasteiger partial charge in [-0.2, -0.15) is 0 Å². The number of rotatable bonds is 3. The first-order valence-electron chi connectivity index (χ1n) is 7.54. The van der Waals surface area contributed by atoms with Crippen molar-refractivity contribution < 1.29 is 4.79 Å². The maximum atomic E-state index is 11.5. The third-order valence-corrected chi connectivity index (χ3v) is 3.99. The van der Waals surface area contributed by atoms with Gasteiger partial charge >= 0.3 is 0 Å². The number of benzene rings is 1. The van der Waals surface area contributed by atoms with Gasteiger partial charge < -0.3 is 11.1 Å². The van der Waals surface area contributed by atoms with Gasteiger partial charge in [-0.25, -0.2) is 4.98 Å². The number of nitrogens with one attached hydrogen (secondary N) is 1. The number of primary amides is 1. The average molecular weight is 317 g/mol. The van der Waals surface area contributed by atoms with Crippen LogP contribution >= 0.6 is 0 Å². The van der Waals surface area contributed by atoms with Gasteiger partial charge in [0, 0.05) is 29.7 Å². The van der Waals surface area contributed by atoms with Gasteiger partial charge in [0.25, 0.3) is 0 Å². The van der Waals surface area contributed by atoms with Crippen LogP contribution in [-0.4, -0.2) is 15.9 Å². The number of para-hydroxylation sites is 2. The van der Waals surface area contributed by atoms with Crippen molar-refractivity contribution >= 4 is 23.1 Å². The van der Waals surface area contributed by atoms with Gasteiger partial charge in [-0.15, -0.1) is 0 Å². The molecule has 0 saturated heterocycles. The first kappa shape index (κ1) is 14.2. The number of nitrogens with two attached hydrogens (primary N) is 1.